The predicted octanol–water partition coefficient (Wildman–Crippen LogP) is 6.48. The van der Waals surface area contributed by atoms with Crippen LogP contribution in [-0.4, -0.2) is 27.8 Å². The Labute approximate surface area is 230 Å². The molecule has 0 saturated heterocycles. The standard InChI is InChI=1S/C28H24Cl3N3O3/c29-21-9-6-18(7-10-21)12-13-37-28-23(27(36)32-17-19-4-2-1-3-5-19)16-22(33-34-28)11-8-20-14-24(30)26(35)25(31)15-20/h1-7,9-10,14-16,35H,8,11-13,17H2,(H,32,36). The number of benzene rings is 3. The number of nitrogens with one attached hydrogen (secondary N) is 1. The normalized spacial score (nSPS) is 10.8. The Bertz CT molecular complexity index is 1340. The van der Waals surface area contributed by atoms with Gasteiger partial charge in [-0.05, 0) is 59.9 Å². The Hall–Kier alpha value is -3.32. The quantitative estimate of drug-likeness (QED) is 0.234. The number of ether oxygens (including phenoxy) is 1. The van der Waals surface area contributed by atoms with Crippen molar-refractivity contribution >= 4 is 40.7 Å². The van der Waals surface area contributed by atoms with Crippen LogP contribution in [0.5, 0.6) is 11.6 Å². The van der Waals surface area contributed by atoms with Crippen LogP contribution in [0.2, 0.25) is 15.1 Å². The lowest BCUT2D eigenvalue weighted by Crippen LogP contribution is -2.24. The number of rotatable bonds is 10. The molecule has 0 aliphatic heterocycles. The molecular formula is C28H24Cl3N3O3. The van der Waals surface area contributed by atoms with Crippen molar-refractivity contribution in [2.45, 2.75) is 25.8 Å². The number of hydrogen-bond donors (Lipinski definition) is 2. The van der Waals surface area contributed by atoms with Crippen molar-refractivity contribution in [1.82, 2.24) is 15.5 Å². The van der Waals surface area contributed by atoms with E-state index in [1.165, 1.54) is 0 Å². The third-order valence-electron chi connectivity index (χ3n) is 5.64. The lowest BCUT2D eigenvalue weighted by Gasteiger charge is -2.12. The Morgan fingerprint density at radius 3 is 2.22 bits per heavy atom. The molecule has 37 heavy (non-hydrogen) atoms. The maximum Gasteiger partial charge on any atom is 0.257 e. The Morgan fingerprint density at radius 1 is 0.811 bits per heavy atom. The zero-order valence-electron chi connectivity index (χ0n) is 19.8. The summed E-state index contributed by atoms with van der Waals surface area (Å²) in [5.74, 6) is -0.291. The first-order valence-corrected chi connectivity index (χ1v) is 12.8. The number of halogens is 3. The number of amides is 1. The molecule has 0 spiro atoms. The van der Waals surface area contributed by atoms with Crippen LogP contribution in [-0.2, 0) is 25.8 Å². The van der Waals surface area contributed by atoms with Crippen molar-refractivity contribution < 1.29 is 14.6 Å². The second-order valence-electron chi connectivity index (χ2n) is 8.36. The molecule has 0 atom stereocenters. The lowest BCUT2D eigenvalue weighted by molar-refractivity contribution is 0.0945. The Balaban J connectivity index is 1.48. The van der Waals surface area contributed by atoms with Crippen LogP contribution < -0.4 is 10.1 Å². The minimum atomic E-state index is -0.308. The van der Waals surface area contributed by atoms with E-state index in [1.807, 2.05) is 54.6 Å². The Morgan fingerprint density at radius 2 is 1.51 bits per heavy atom. The average Bonchev–Trinajstić information content (AvgIpc) is 2.91. The number of hydrogen-bond acceptors (Lipinski definition) is 5. The van der Waals surface area contributed by atoms with Crippen LogP contribution in [0.4, 0.5) is 0 Å². The summed E-state index contributed by atoms with van der Waals surface area (Å²) in [7, 11) is 0. The monoisotopic (exact) mass is 555 g/mol. The highest BCUT2D eigenvalue weighted by molar-refractivity contribution is 6.37. The van der Waals surface area contributed by atoms with Gasteiger partial charge in [0.15, 0.2) is 5.75 Å². The van der Waals surface area contributed by atoms with E-state index >= 15 is 0 Å². The van der Waals surface area contributed by atoms with Gasteiger partial charge in [-0.15, -0.1) is 5.10 Å². The predicted molar refractivity (Wildman–Crippen MR) is 146 cm³/mol. The van der Waals surface area contributed by atoms with E-state index in [0.29, 0.717) is 48.7 Å². The topological polar surface area (TPSA) is 84.3 Å². The highest BCUT2D eigenvalue weighted by Gasteiger charge is 2.17. The highest BCUT2D eigenvalue weighted by atomic mass is 35.5. The molecule has 9 heteroatoms. The third kappa shape index (κ3) is 7.59. The van der Waals surface area contributed by atoms with Crippen molar-refractivity contribution in [3.8, 4) is 11.6 Å². The van der Waals surface area contributed by atoms with Gasteiger partial charge >= 0.3 is 0 Å². The second-order valence-corrected chi connectivity index (χ2v) is 9.61. The third-order valence-corrected chi connectivity index (χ3v) is 6.47. The molecule has 2 N–H and O–H groups in total. The number of phenolic OH excluding ortho intramolecular Hbond substituents is 1. The summed E-state index contributed by atoms with van der Waals surface area (Å²) in [5.41, 5.74) is 3.77. The second kappa shape index (κ2) is 12.8. The summed E-state index contributed by atoms with van der Waals surface area (Å²) >= 11 is 18.0. The zero-order chi connectivity index (χ0) is 26.2. The number of carbonyl (C=O) groups is 1. The van der Waals surface area contributed by atoms with Gasteiger partial charge in [-0.2, -0.15) is 5.10 Å². The van der Waals surface area contributed by atoms with Crippen LogP contribution in [0.15, 0.2) is 72.8 Å². The summed E-state index contributed by atoms with van der Waals surface area (Å²) in [5, 5.41) is 22.2. The fourth-order valence-electron chi connectivity index (χ4n) is 3.64. The molecule has 3 aromatic carbocycles. The van der Waals surface area contributed by atoms with Gasteiger partial charge in [0.2, 0.25) is 5.88 Å². The molecular weight excluding hydrogens is 533 g/mol. The van der Waals surface area contributed by atoms with Crippen LogP contribution in [0.3, 0.4) is 0 Å². The molecule has 0 fully saturated rings. The van der Waals surface area contributed by atoms with Gasteiger partial charge in [-0.3, -0.25) is 4.79 Å². The minimum absolute atomic E-state index is 0.149. The van der Waals surface area contributed by atoms with Gasteiger partial charge in [0.25, 0.3) is 5.91 Å². The van der Waals surface area contributed by atoms with Crippen molar-refractivity contribution in [2.75, 3.05) is 6.61 Å². The maximum atomic E-state index is 13.1. The van der Waals surface area contributed by atoms with Crippen LogP contribution in [0.1, 0.15) is 32.7 Å². The van der Waals surface area contributed by atoms with Crippen molar-refractivity contribution in [2.24, 2.45) is 0 Å². The van der Waals surface area contributed by atoms with E-state index in [1.54, 1.807) is 18.2 Å². The van der Waals surface area contributed by atoms with Gasteiger partial charge in [0.05, 0.1) is 22.3 Å². The number of carbonyl (C=O) groups excluding carboxylic acids is 1. The van der Waals surface area contributed by atoms with Crippen LogP contribution >= 0.6 is 34.8 Å². The van der Waals surface area contributed by atoms with E-state index in [0.717, 1.165) is 16.7 Å². The molecule has 0 bridgehead atoms. The number of aromatic nitrogens is 2. The molecule has 1 heterocycles. The van der Waals surface area contributed by atoms with Crippen molar-refractivity contribution in [3.63, 3.8) is 0 Å². The summed E-state index contributed by atoms with van der Waals surface area (Å²) in [6.45, 7) is 0.686. The largest absolute Gasteiger partial charge is 0.505 e. The first-order valence-electron chi connectivity index (χ1n) is 11.6. The van der Waals surface area contributed by atoms with E-state index in [9.17, 15) is 9.90 Å². The fourth-order valence-corrected chi connectivity index (χ4v) is 4.30. The summed E-state index contributed by atoms with van der Waals surface area (Å²) in [6.07, 6.45) is 1.64. The molecule has 0 saturated carbocycles. The molecule has 1 aromatic heterocycles. The summed E-state index contributed by atoms with van der Waals surface area (Å²) in [4.78, 5) is 13.1. The molecule has 0 aliphatic carbocycles. The van der Waals surface area contributed by atoms with Crippen molar-refractivity contribution in [1.29, 1.82) is 0 Å². The van der Waals surface area contributed by atoms with E-state index < -0.39 is 0 Å². The average molecular weight is 557 g/mol. The summed E-state index contributed by atoms with van der Waals surface area (Å²) in [6, 6.07) is 22.1. The maximum absolute atomic E-state index is 13.1. The smallest absolute Gasteiger partial charge is 0.257 e. The van der Waals surface area contributed by atoms with Gasteiger partial charge < -0.3 is 15.2 Å². The number of aryl methyl sites for hydroxylation is 2. The van der Waals surface area contributed by atoms with Crippen LogP contribution in [0, 0.1) is 0 Å². The van der Waals surface area contributed by atoms with Gasteiger partial charge in [-0.25, -0.2) is 0 Å². The number of nitrogens with zero attached hydrogens (tertiary/aromatic N) is 2. The van der Waals surface area contributed by atoms with E-state index in [2.05, 4.69) is 15.5 Å². The van der Waals surface area contributed by atoms with E-state index in [-0.39, 0.29) is 27.6 Å². The number of aromatic hydroxyl groups is 1. The summed E-state index contributed by atoms with van der Waals surface area (Å²) < 4.78 is 5.88. The molecule has 0 aliphatic rings. The molecule has 1 amide bonds. The SMILES string of the molecule is O=C(NCc1ccccc1)c1cc(CCc2cc(Cl)c(O)c(Cl)c2)nnc1OCCc1ccc(Cl)cc1. The van der Waals surface area contributed by atoms with Gasteiger partial charge in [0.1, 0.15) is 5.56 Å². The highest BCUT2D eigenvalue weighted by Crippen LogP contribution is 2.33. The lowest BCUT2D eigenvalue weighted by atomic mass is 10.1. The molecule has 4 aromatic rings. The van der Waals surface area contributed by atoms with Crippen molar-refractivity contribution in [3.05, 3.63) is 116 Å². The number of phenols is 1. The first kappa shape index (κ1) is 26.7. The minimum Gasteiger partial charge on any atom is -0.505 e. The van der Waals surface area contributed by atoms with Crippen LogP contribution in [0.25, 0.3) is 0 Å². The molecule has 4 rings (SSSR count). The van der Waals surface area contributed by atoms with Gasteiger partial charge in [0, 0.05) is 18.0 Å². The molecule has 0 radical (unpaired) electrons. The zero-order valence-corrected chi connectivity index (χ0v) is 22.0. The first-order chi connectivity index (χ1) is 17.9. The molecule has 190 valence electrons. The fraction of sp³-hybridized carbons (Fsp3) is 0.179. The van der Waals surface area contributed by atoms with E-state index in [4.69, 9.17) is 39.5 Å². The molecule has 0 unspecified atom stereocenters. The van der Waals surface area contributed by atoms with Gasteiger partial charge in [-0.1, -0.05) is 77.3 Å². The molecule has 6 nitrogen and oxygen atoms in total. The Kier molecular flexibility index (Phi) is 9.23.